The lowest BCUT2D eigenvalue weighted by atomic mass is 9.45. The number of carbonyl (C=O) groups excluding carboxylic acids is 2. The number of rotatable bonds is 2. The van der Waals surface area contributed by atoms with Crippen molar-refractivity contribution in [1.82, 2.24) is 0 Å². The van der Waals surface area contributed by atoms with Gasteiger partial charge < -0.3 is 15.3 Å². The Kier molecular flexibility index (Phi) is 4.04. The number of ketones is 2. The molecule has 0 aromatic carbocycles. The van der Waals surface area contributed by atoms with Gasteiger partial charge in [0.15, 0.2) is 11.6 Å². The van der Waals surface area contributed by atoms with E-state index in [9.17, 15) is 24.9 Å². The van der Waals surface area contributed by atoms with Crippen LogP contribution in [0.3, 0.4) is 0 Å². The van der Waals surface area contributed by atoms with Crippen LogP contribution in [-0.4, -0.2) is 45.2 Å². The predicted molar refractivity (Wildman–Crippen MR) is 95.1 cm³/mol. The zero-order valence-corrected chi connectivity index (χ0v) is 15.7. The lowest BCUT2D eigenvalue weighted by molar-refractivity contribution is -0.182. The summed E-state index contributed by atoms with van der Waals surface area (Å²) in [7, 11) is 0. The summed E-state index contributed by atoms with van der Waals surface area (Å²) >= 11 is 0. The summed E-state index contributed by atoms with van der Waals surface area (Å²) in [4.78, 5) is 24.3. The second-order valence-electron chi connectivity index (χ2n) is 9.56. The molecule has 144 valence electrons. The number of allylic oxidation sites excluding steroid dienone is 1. The van der Waals surface area contributed by atoms with E-state index in [4.69, 9.17) is 0 Å². The van der Waals surface area contributed by atoms with E-state index in [1.807, 2.05) is 6.92 Å². The van der Waals surface area contributed by atoms with Gasteiger partial charge in [0.2, 0.25) is 0 Å². The van der Waals surface area contributed by atoms with Crippen LogP contribution in [0.1, 0.15) is 58.8 Å². The third-order valence-corrected chi connectivity index (χ3v) is 8.65. The topological polar surface area (TPSA) is 94.8 Å². The summed E-state index contributed by atoms with van der Waals surface area (Å²) < 4.78 is 0. The number of hydrogen-bond donors (Lipinski definition) is 3. The van der Waals surface area contributed by atoms with Gasteiger partial charge in [0.25, 0.3) is 0 Å². The summed E-state index contributed by atoms with van der Waals surface area (Å²) in [5.41, 5.74) is -1.23. The summed E-state index contributed by atoms with van der Waals surface area (Å²) in [6, 6.07) is 0. The molecule has 4 unspecified atom stereocenters. The molecule has 7 atom stereocenters. The first-order valence-corrected chi connectivity index (χ1v) is 9.96. The van der Waals surface area contributed by atoms with E-state index in [-0.39, 0.29) is 29.0 Å². The molecule has 5 nitrogen and oxygen atoms in total. The van der Waals surface area contributed by atoms with Crippen LogP contribution >= 0.6 is 0 Å². The average Bonchev–Trinajstić information content (AvgIpc) is 2.86. The van der Waals surface area contributed by atoms with Gasteiger partial charge >= 0.3 is 0 Å². The van der Waals surface area contributed by atoms with Crippen molar-refractivity contribution in [3.8, 4) is 0 Å². The molecular weight excluding hydrogens is 332 g/mol. The van der Waals surface area contributed by atoms with Gasteiger partial charge in [0.05, 0.1) is 6.10 Å². The fourth-order valence-electron chi connectivity index (χ4n) is 7.28. The highest BCUT2D eigenvalue weighted by Crippen LogP contribution is 2.67. The molecule has 0 radical (unpaired) electrons. The van der Waals surface area contributed by atoms with Crippen molar-refractivity contribution in [2.75, 3.05) is 6.61 Å². The van der Waals surface area contributed by atoms with Crippen molar-refractivity contribution in [2.45, 2.75) is 70.5 Å². The molecule has 0 spiro atoms. The minimum atomic E-state index is -1.54. The number of Topliss-reactive ketones (excluding diaryl/α,β-unsaturated/α-hetero) is 1. The van der Waals surface area contributed by atoms with Crippen LogP contribution in [0, 0.1) is 28.6 Å². The Bertz CT molecular complexity index is 684. The van der Waals surface area contributed by atoms with E-state index < -0.39 is 29.5 Å². The molecule has 4 rings (SSSR count). The standard InChI is InChI=1S/C21H30O5/c1-19-7-5-13(23)9-12(19)3-4-14-15-6-8-21(26,17(25)11-22)20(15,2)10-16(24)18(14)19/h9,14-16,18,22,24,26H,3-8,10-11H2,1-2H3/t14?,15?,16?,18?,19-,20+,21-/m0/s1. The highest BCUT2D eigenvalue weighted by molar-refractivity contribution is 5.91. The molecule has 0 aromatic rings. The number of carbonyl (C=O) groups is 2. The Morgan fingerprint density at radius 2 is 1.96 bits per heavy atom. The quantitative estimate of drug-likeness (QED) is 0.696. The molecule has 4 aliphatic carbocycles. The maximum absolute atomic E-state index is 12.4. The Morgan fingerprint density at radius 1 is 1.23 bits per heavy atom. The van der Waals surface area contributed by atoms with Crippen LogP contribution in [0.25, 0.3) is 0 Å². The van der Waals surface area contributed by atoms with Gasteiger partial charge in [-0.15, -0.1) is 0 Å². The van der Waals surface area contributed by atoms with Crippen molar-refractivity contribution < 1.29 is 24.9 Å². The summed E-state index contributed by atoms with van der Waals surface area (Å²) in [5.74, 6) is 0.140. The largest absolute Gasteiger partial charge is 0.393 e. The molecule has 3 fully saturated rings. The SMILES string of the molecule is C[C@]12CCC(=O)C=C1CCC1C2C(O)C[C@]2(C)C1CC[C@]2(O)C(=O)CO. The van der Waals surface area contributed by atoms with Crippen molar-refractivity contribution >= 4 is 11.6 Å². The predicted octanol–water partition coefficient (Wildman–Crippen LogP) is 1.78. The Balaban J connectivity index is 1.74. The van der Waals surface area contributed by atoms with E-state index in [0.717, 1.165) is 25.7 Å². The maximum atomic E-state index is 12.4. The van der Waals surface area contributed by atoms with Crippen LogP contribution in [0.5, 0.6) is 0 Å². The molecule has 3 N–H and O–H groups in total. The van der Waals surface area contributed by atoms with Crippen LogP contribution < -0.4 is 0 Å². The van der Waals surface area contributed by atoms with E-state index in [0.29, 0.717) is 19.3 Å². The van der Waals surface area contributed by atoms with Crippen molar-refractivity contribution in [1.29, 1.82) is 0 Å². The molecule has 4 aliphatic rings. The minimum absolute atomic E-state index is 0.0697. The molecule has 0 amide bonds. The van der Waals surface area contributed by atoms with Gasteiger partial charge in [-0.25, -0.2) is 0 Å². The summed E-state index contributed by atoms with van der Waals surface area (Å²) in [6.07, 6.45) is 5.74. The molecule has 0 saturated heterocycles. The van der Waals surface area contributed by atoms with E-state index in [2.05, 4.69) is 6.92 Å². The lowest BCUT2D eigenvalue weighted by Gasteiger charge is -2.60. The second kappa shape index (κ2) is 5.73. The zero-order valence-electron chi connectivity index (χ0n) is 15.7. The van der Waals surface area contributed by atoms with Gasteiger partial charge in [-0.2, -0.15) is 0 Å². The van der Waals surface area contributed by atoms with Crippen molar-refractivity contribution in [2.24, 2.45) is 28.6 Å². The Morgan fingerprint density at radius 3 is 2.65 bits per heavy atom. The normalized spacial score (nSPS) is 50.5. The highest BCUT2D eigenvalue weighted by Gasteiger charge is 2.68. The van der Waals surface area contributed by atoms with E-state index in [1.165, 1.54) is 5.57 Å². The number of hydrogen-bond acceptors (Lipinski definition) is 5. The number of fused-ring (bicyclic) bond motifs is 5. The van der Waals surface area contributed by atoms with Crippen LogP contribution in [-0.2, 0) is 9.59 Å². The molecule has 0 heterocycles. The van der Waals surface area contributed by atoms with E-state index in [1.54, 1.807) is 6.08 Å². The van der Waals surface area contributed by atoms with Gasteiger partial charge in [-0.3, -0.25) is 9.59 Å². The smallest absolute Gasteiger partial charge is 0.190 e. The van der Waals surface area contributed by atoms with Crippen molar-refractivity contribution in [3.05, 3.63) is 11.6 Å². The maximum Gasteiger partial charge on any atom is 0.190 e. The minimum Gasteiger partial charge on any atom is -0.393 e. The molecular formula is C21H30O5. The fourth-order valence-corrected chi connectivity index (χ4v) is 7.28. The molecule has 26 heavy (non-hydrogen) atoms. The van der Waals surface area contributed by atoms with Crippen molar-refractivity contribution in [3.63, 3.8) is 0 Å². The second-order valence-corrected chi connectivity index (χ2v) is 9.56. The third kappa shape index (κ3) is 2.14. The number of aliphatic hydroxyl groups excluding tert-OH is 2. The first-order chi connectivity index (χ1) is 12.2. The van der Waals surface area contributed by atoms with Crippen LogP contribution in [0.2, 0.25) is 0 Å². The van der Waals surface area contributed by atoms with E-state index >= 15 is 0 Å². The van der Waals surface area contributed by atoms with Gasteiger partial charge in [-0.05, 0) is 67.8 Å². The molecule has 0 aromatic heterocycles. The fraction of sp³-hybridized carbons (Fsp3) is 0.810. The molecule has 0 aliphatic heterocycles. The first kappa shape index (κ1) is 18.3. The van der Waals surface area contributed by atoms with Crippen LogP contribution in [0.15, 0.2) is 11.6 Å². The van der Waals surface area contributed by atoms with Gasteiger partial charge in [-0.1, -0.05) is 19.4 Å². The van der Waals surface area contributed by atoms with Gasteiger partial charge in [0.1, 0.15) is 12.2 Å². The molecule has 5 heteroatoms. The number of aliphatic hydroxyl groups is 3. The van der Waals surface area contributed by atoms with Gasteiger partial charge in [0, 0.05) is 11.8 Å². The Labute approximate surface area is 154 Å². The first-order valence-electron chi connectivity index (χ1n) is 9.96. The Hall–Kier alpha value is -1.04. The molecule has 3 saturated carbocycles. The highest BCUT2D eigenvalue weighted by atomic mass is 16.3. The average molecular weight is 362 g/mol. The summed E-state index contributed by atoms with van der Waals surface area (Å²) in [5, 5.41) is 31.7. The summed E-state index contributed by atoms with van der Waals surface area (Å²) in [6.45, 7) is 3.46. The lowest BCUT2D eigenvalue weighted by Crippen LogP contribution is -2.62. The van der Waals surface area contributed by atoms with Crippen LogP contribution in [0.4, 0.5) is 0 Å². The molecule has 0 bridgehead atoms. The monoisotopic (exact) mass is 362 g/mol. The third-order valence-electron chi connectivity index (χ3n) is 8.65. The zero-order chi connectivity index (χ0) is 18.9.